The zero-order valence-corrected chi connectivity index (χ0v) is 34.4. The number of carbonyl (C=O) groups is 5. The number of halogens is 1. The standard InChI is InChI=1S/C46H51ClN4O7/c1-45(2)39(46(3,4)44(45)58-32-14-16-36(48-5)35(47)26-32)27-38(52)30-11-9-28(10-12-30)29-19-22-50(23-20-29)21-7-6-8-24-57-31-13-15-33-34(25-31)43(56)51(42(33)55)37-17-18-40(53)49-41(37)54/h9-16,25-26,29,37,39,44H,6-8,17-24,27H2,1-4H3,(H,49,53,54). The minimum atomic E-state index is -0.991. The average molecular weight is 807 g/mol. The van der Waals surface area contributed by atoms with Gasteiger partial charge in [0.1, 0.15) is 23.6 Å². The molecule has 0 bridgehead atoms. The van der Waals surface area contributed by atoms with E-state index in [1.165, 1.54) is 5.56 Å². The number of amides is 4. The van der Waals surface area contributed by atoms with Crippen LogP contribution in [0.25, 0.3) is 4.85 Å². The van der Waals surface area contributed by atoms with Gasteiger partial charge in [-0.1, -0.05) is 69.6 Å². The molecule has 3 aliphatic heterocycles. The van der Waals surface area contributed by atoms with Crippen LogP contribution in [0.4, 0.5) is 5.69 Å². The minimum absolute atomic E-state index is 0.0790. The predicted molar refractivity (Wildman–Crippen MR) is 219 cm³/mol. The van der Waals surface area contributed by atoms with Gasteiger partial charge in [0.2, 0.25) is 17.5 Å². The first-order chi connectivity index (χ1) is 27.7. The molecule has 1 N–H and O–H groups in total. The molecule has 0 aromatic heterocycles. The van der Waals surface area contributed by atoms with Gasteiger partial charge in [0, 0.05) is 29.2 Å². The second kappa shape index (κ2) is 16.7. The minimum Gasteiger partial charge on any atom is -0.494 e. The molecule has 12 heteroatoms. The number of piperidine rings is 2. The van der Waals surface area contributed by atoms with Crippen molar-refractivity contribution >= 4 is 46.7 Å². The first kappa shape index (κ1) is 41.1. The average Bonchev–Trinajstić information content (AvgIpc) is 3.45. The van der Waals surface area contributed by atoms with Gasteiger partial charge in [0.15, 0.2) is 5.78 Å². The van der Waals surface area contributed by atoms with E-state index in [4.69, 9.17) is 27.6 Å². The highest BCUT2D eigenvalue weighted by Gasteiger charge is 2.63. The quantitative estimate of drug-likeness (QED) is 0.0745. The fourth-order valence-electron chi connectivity index (χ4n) is 9.88. The van der Waals surface area contributed by atoms with E-state index >= 15 is 0 Å². The molecule has 304 valence electrons. The number of imide groups is 2. The monoisotopic (exact) mass is 806 g/mol. The summed E-state index contributed by atoms with van der Waals surface area (Å²) < 4.78 is 12.4. The van der Waals surface area contributed by atoms with Crippen LogP contribution < -0.4 is 14.8 Å². The highest BCUT2D eigenvalue weighted by Crippen LogP contribution is 2.62. The molecule has 3 aromatic rings. The number of hydrogen-bond donors (Lipinski definition) is 1. The molecule has 0 spiro atoms. The lowest BCUT2D eigenvalue weighted by Gasteiger charge is -2.63. The van der Waals surface area contributed by atoms with Gasteiger partial charge in [-0.15, -0.1) is 0 Å². The summed E-state index contributed by atoms with van der Waals surface area (Å²) in [6.07, 6.45) is 5.60. The second-order valence-electron chi connectivity index (χ2n) is 17.3. The first-order valence-electron chi connectivity index (χ1n) is 20.4. The Balaban J connectivity index is 0.807. The molecule has 4 aliphatic rings. The maximum Gasteiger partial charge on any atom is 0.262 e. The number of unbranched alkanes of at least 4 members (excludes halogenated alkanes) is 2. The summed E-state index contributed by atoms with van der Waals surface area (Å²) in [6, 6.07) is 17.2. The number of likely N-dealkylation sites (tertiary alicyclic amines) is 1. The largest absolute Gasteiger partial charge is 0.494 e. The molecule has 3 fully saturated rings. The van der Waals surface area contributed by atoms with Crippen molar-refractivity contribution in [2.75, 3.05) is 26.2 Å². The molecular formula is C46H51ClN4O7. The van der Waals surface area contributed by atoms with Gasteiger partial charge in [-0.05, 0) is 106 Å². The fraction of sp³-hybridized carbons (Fsp3) is 0.478. The number of rotatable bonds is 14. The van der Waals surface area contributed by atoms with E-state index in [2.05, 4.69) is 54.9 Å². The number of fused-ring (bicyclic) bond motifs is 1. The molecule has 58 heavy (non-hydrogen) atoms. The van der Waals surface area contributed by atoms with Crippen molar-refractivity contribution in [3.8, 4) is 11.5 Å². The van der Waals surface area contributed by atoms with Crippen molar-refractivity contribution < 1.29 is 33.4 Å². The van der Waals surface area contributed by atoms with Crippen LogP contribution in [0.5, 0.6) is 11.5 Å². The number of carbonyl (C=O) groups excluding carboxylic acids is 5. The van der Waals surface area contributed by atoms with Gasteiger partial charge >= 0.3 is 0 Å². The van der Waals surface area contributed by atoms with Crippen LogP contribution in [0.1, 0.15) is 122 Å². The molecule has 0 radical (unpaired) electrons. The Morgan fingerprint density at radius 2 is 1.55 bits per heavy atom. The van der Waals surface area contributed by atoms with E-state index in [-0.39, 0.29) is 52.6 Å². The van der Waals surface area contributed by atoms with Crippen LogP contribution in [-0.4, -0.2) is 77.6 Å². The van der Waals surface area contributed by atoms with E-state index in [0.717, 1.165) is 62.2 Å². The van der Waals surface area contributed by atoms with Gasteiger partial charge in [-0.2, -0.15) is 0 Å². The Hall–Kier alpha value is -5.05. The van der Waals surface area contributed by atoms with Gasteiger partial charge in [-0.25, -0.2) is 4.85 Å². The van der Waals surface area contributed by atoms with Gasteiger partial charge in [-0.3, -0.25) is 34.2 Å². The van der Waals surface area contributed by atoms with Crippen molar-refractivity contribution in [2.24, 2.45) is 16.7 Å². The lowest BCUT2D eigenvalue weighted by atomic mass is 9.44. The molecular weight excluding hydrogens is 756 g/mol. The van der Waals surface area contributed by atoms with E-state index < -0.39 is 29.7 Å². The zero-order chi connectivity index (χ0) is 41.4. The highest BCUT2D eigenvalue weighted by molar-refractivity contribution is 6.33. The third-order valence-corrected chi connectivity index (χ3v) is 13.2. The van der Waals surface area contributed by atoms with Crippen molar-refractivity contribution in [1.82, 2.24) is 15.1 Å². The predicted octanol–water partition coefficient (Wildman–Crippen LogP) is 8.42. The molecule has 1 unspecified atom stereocenters. The third kappa shape index (κ3) is 8.14. The smallest absolute Gasteiger partial charge is 0.262 e. The number of nitrogens with zero attached hydrogens (tertiary/aromatic N) is 3. The first-order valence-corrected chi connectivity index (χ1v) is 20.7. The molecule has 3 heterocycles. The van der Waals surface area contributed by atoms with Crippen LogP contribution >= 0.6 is 11.6 Å². The van der Waals surface area contributed by atoms with Crippen LogP contribution in [0, 0.1) is 23.3 Å². The summed E-state index contributed by atoms with van der Waals surface area (Å²) in [5.41, 5.74) is 2.43. The van der Waals surface area contributed by atoms with Crippen molar-refractivity contribution in [2.45, 2.75) is 97.1 Å². The molecule has 1 atom stereocenters. The maximum absolute atomic E-state index is 13.6. The molecule has 3 aromatic carbocycles. The summed E-state index contributed by atoms with van der Waals surface area (Å²) >= 11 is 6.26. The topological polar surface area (TPSA) is 127 Å². The fourth-order valence-corrected chi connectivity index (χ4v) is 10.1. The Kier molecular flexibility index (Phi) is 11.8. The van der Waals surface area contributed by atoms with Crippen molar-refractivity contribution in [1.29, 1.82) is 0 Å². The number of benzene rings is 3. The molecule has 1 aliphatic carbocycles. The summed E-state index contributed by atoms with van der Waals surface area (Å²) in [7, 11) is 0. The SMILES string of the molecule is [C-]#[N+]c1ccc(OC2C(C)(C)C(CC(=O)c3ccc(C4CCN(CCCCCOc5ccc6c(c5)C(=O)N(C5CCC(=O)NC5=O)C6=O)CC4)cc3)C2(C)C)cc1Cl. The van der Waals surface area contributed by atoms with Crippen molar-refractivity contribution in [3.05, 3.63) is 99.4 Å². The number of ether oxygens (including phenoxy) is 2. The number of Topliss-reactive ketones (excluding diaryl/α,β-unsaturated/α-hetero) is 1. The number of hydrogen-bond acceptors (Lipinski definition) is 8. The van der Waals surface area contributed by atoms with Crippen molar-refractivity contribution in [3.63, 3.8) is 0 Å². The molecule has 4 amide bonds. The number of ketones is 1. The van der Waals surface area contributed by atoms with E-state index in [0.29, 0.717) is 41.2 Å². The van der Waals surface area contributed by atoms with Gasteiger partial charge in [0.25, 0.3) is 11.8 Å². The molecule has 2 saturated heterocycles. The summed E-state index contributed by atoms with van der Waals surface area (Å²) in [4.78, 5) is 70.4. The van der Waals surface area contributed by atoms with Crippen LogP contribution in [0.15, 0.2) is 60.7 Å². The number of nitrogens with one attached hydrogen (secondary N) is 1. The molecule has 7 rings (SSSR count). The Bertz CT molecular complexity index is 2140. The zero-order valence-electron chi connectivity index (χ0n) is 33.6. The van der Waals surface area contributed by atoms with Crippen LogP contribution in [-0.2, 0) is 9.59 Å². The van der Waals surface area contributed by atoms with Crippen LogP contribution in [0.3, 0.4) is 0 Å². The maximum atomic E-state index is 13.6. The Labute approximate surface area is 345 Å². The van der Waals surface area contributed by atoms with E-state index in [1.807, 2.05) is 12.1 Å². The lowest BCUT2D eigenvalue weighted by molar-refractivity contribution is -0.196. The van der Waals surface area contributed by atoms with E-state index in [9.17, 15) is 24.0 Å². The normalized spacial score (nSPS) is 22.8. The second-order valence-corrected chi connectivity index (χ2v) is 17.8. The van der Waals surface area contributed by atoms with Gasteiger partial charge in [0.05, 0.1) is 29.3 Å². The third-order valence-electron chi connectivity index (χ3n) is 12.9. The summed E-state index contributed by atoms with van der Waals surface area (Å²) in [5.74, 6) is -0.204. The molecule has 1 saturated carbocycles. The Morgan fingerprint density at radius 1 is 0.862 bits per heavy atom. The highest BCUT2D eigenvalue weighted by atomic mass is 35.5. The Morgan fingerprint density at radius 3 is 2.22 bits per heavy atom. The van der Waals surface area contributed by atoms with Crippen LogP contribution in [0.2, 0.25) is 5.02 Å². The summed E-state index contributed by atoms with van der Waals surface area (Å²) in [6.45, 7) is 19.5. The van der Waals surface area contributed by atoms with E-state index in [1.54, 1.807) is 36.4 Å². The lowest BCUT2D eigenvalue weighted by Crippen LogP contribution is -2.66. The molecule has 11 nitrogen and oxygen atoms in total. The van der Waals surface area contributed by atoms with Gasteiger partial charge < -0.3 is 14.4 Å². The summed E-state index contributed by atoms with van der Waals surface area (Å²) in [5, 5.41) is 2.59.